The molecular formula is C2HClGe. The Morgan fingerprint density at radius 1 is 2.00 bits per heavy atom. The van der Waals surface area contributed by atoms with Crippen molar-refractivity contribution in [3.63, 3.8) is 0 Å². The molecule has 0 bridgehead atoms. The molecule has 0 heterocycles. The molecule has 0 nitrogen and oxygen atoms in total. The molecule has 0 spiro atoms. The molecule has 2 heteroatoms. The van der Waals surface area contributed by atoms with Crippen molar-refractivity contribution in [2.24, 2.45) is 0 Å². The van der Waals surface area contributed by atoms with Crippen LogP contribution in [0.4, 0.5) is 0 Å². The zero-order valence-corrected chi connectivity index (χ0v) is 4.81. The molecule has 0 aliphatic carbocycles. The van der Waals surface area contributed by atoms with Gasteiger partial charge in [-0.1, -0.05) is 0 Å². The van der Waals surface area contributed by atoms with Crippen molar-refractivity contribution >= 4 is 24.5 Å². The van der Waals surface area contributed by atoms with Crippen LogP contribution in [0.25, 0.3) is 0 Å². The van der Waals surface area contributed by atoms with E-state index in [0.29, 0.717) is 0 Å². The van der Waals surface area contributed by atoms with Gasteiger partial charge in [-0.2, -0.15) is 0 Å². The predicted octanol–water partition coefficient (Wildman–Crippen LogP) is 0.435. The van der Waals surface area contributed by atoms with E-state index in [1.165, 1.54) is 0 Å². The average molecular weight is 133 g/mol. The third-order valence-electron chi connectivity index (χ3n) is 0.0546. The Bertz CT molecular complexity index is 35.8. The van der Waals surface area contributed by atoms with E-state index in [4.69, 9.17) is 16.4 Å². The van der Waals surface area contributed by atoms with Crippen LogP contribution >= 0.6 is 10.0 Å². The molecule has 0 aromatic carbocycles. The standard InChI is InChI=1S/C2HClGe/c1-2-4-3/h1H. The fourth-order valence-electron chi connectivity index (χ4n) is 0. The maximum atomic E-state index is 5.07. The molecule has 20 valence electrons. The number of rotatable bonds is 0. The Morgan fingerprint density at radius 3 is 2.25 bits per heavy atom. The fraction of sp³-hybridized carbons (Fsp3) is 0. The summed E-state index contributed by atoms with van der Waals surface area (Å²) in [5, 5.41) is 0. The van der Waals surface area contributed by atoms with E-state index in [1.54, 1.807) is 0 Å². The zero-order chi connectivity index (χ0) is 3.41. The van der Waals surface area contributed by atoms with Gasteiger partial charge in [-0.25, -0.2) is 0 Å². The molecule has 0 N–H and O–H groups in total. The Hall–Kier alpha value is 0.393. The Balaban J connectivity index is 2.43. The summed E-state index contributed by atoms with van der Waals surface area (Å²) in [6.45, 7) is 0. The van der Waals surface area contributed by atoms with Gasteiger partial charge in [-0.3, -0.25) is 0 Å². The van der Waals surface area contributed by atoms with E-state index < -0.39 is 14.5 Å². The summed E-state index contributed by atoms with van der Waals surface area (Å²) in [5.41, 5.74) is 0. The Labute approximate surface area is 36.2 Å². The summed E-state index contributed by atoms with van der Waals surface area (Å²) >= 11 is -0.486. The summed E-state index contributed by atoms with van der Waals surface area (Å²) in [7, 11) is 5.07. The maximum absolute atomic E-state index is 5.07. The van der Waals surface area contributed by atoms with Crippen molar-refractivity contribution in [1.29, 1.82) is 0 Å². The molecule has 0 saturated carbocycles. The van der Waals surface area contributed by atoms with Gasteiger partial charge >= 0.3 is 35.7 Å². The summed E-state index contributed by atoms with van der Waals surface area (Å²) in [6, 6.07) is 0. The molecule has 0 rings (SSSR count). The average Bonchev–Trinajstić information content (AvgIpc) is 1.37. The van der Waals surface area contributed by atoms with Gasteiger partial charge in [-0.15, -0.1) is 0 Å². The van der Waals surface area contributed by atoms with Crippen LogP contribution in [0.15, 0.2) is 0 Å². The van der Waals surface area contributed by atoms with Crippen LogP contribution in [-0.2, 0) is 0 Å². The van der Waals surface area contributed by atoms with Crippen molar-refractivity contribution in [2.45, 2.75) is 0 Å². The molecule has 0 aromatic heterocycles. The normalized spacial score (nSPS) is 5.00. The van der Waals surface area contributed by atoms with Gasteiger partial charge in [0, 0.05) is 0 Å². The molecule has 0 fully saturated rings. The third kappa shape index (κ3) is 2.39. The van der Waals surface area contributed by atoms with E-state index >= 15 is 0 Å². The first kappa shape index (κ1) is 4.39. The summed E-state index contributed by atoms with van der Waals surface area (Å²) in [6.07, 6.45) is 4.70. The van der Waals surface area contributed by atoms with Gasteiger partial charge in [0.2, 0.25) is 0 Å². The third-order valence-corrected chi connectivity index (χ3v) is 0.850. The van der Waals surface area contributed by atoms with Crippen LogP contribution in [-0.4, -0.2) is 14.5 Å². The van der Waals surface area contributed by atoms with E-state index in [9.17, 15) is 0 Å². The first-order chi connectivity index (χ1) is 1.91. The van der Waals surface area contributed by atoms with Gasteiger partial charge in [-0.05, 0) is 0 Å². The second kappa shape index (κ2) is 3.39. The van der Waals surface area contributed by atoms with Crippen molar-refractivity contribution < 1.29 is 0 Å². The van der Waals surface area contributed by atoms with Gasteiger partial charge in [0.25, 0.3) is 0 Å². The Morgan fingerprint density at radius 2 is 2.25 bits per heavy atom. The molecule has 4 heavy (non-hydrogen) atoms. The van der Waals surface area contributed by atoms with Crippen LogP contribution in [0.2, 0.25) is 0 Å². The van der Waals surface area contributed by atoms with Crippen LogP contribution in [0.1, 0.15) is 0 Å². The molecule has 0 aliphatic rings. The predicted molar refractivity (Wildman–Crippen MR) is 20.4 cm³/mol. The van der Waals surface area contributed by atoms with Crippen LogP contribution in [0, 0.1) is 11.2 Å². The minimum absolute atomic E-state index is 0.486. The number of hydrogen-bond donors (Lipinski definition) is 0. The summed E-state index contributed by atoms with van der Waals surface area (Å²) < 4.78 is 2.32. The first-order valence-corrected chi connectivity index (χ1v) is 4.53. The molecule has 0 saturated heterocycles. The monoisotopic (exact) mass is 134 g/mol. The van der Waals surface area contributed by atoms with E-state index in [1.807, 2.05) is 0 Å². The van der Waals surface area contributed by atoms with Crippen molar-refractivity contribution in [1.82, 2.24) is 0 Å². The summed E-state index contributed by atoms with van der Waals surface area (Å²) in [4.78, 5) is 0. The first-order valence-electron chi connectivity index (χ1n) is 0.728. The van der Waals surface area contributed by atoms with Crippen molar-refractivity contribution in [3.8, 4) is 11.2 Å². The van der Waals surface area contributed by atoms with Gasteiger partial charge in [0.15, 0.2) is 0 Å². The fourth-order valence-corrected chi connectivity index (χ4v) is 0. The minimum atomic E-state index is -0.486. The van der Waals surface area contributed by atoms with E-state index in [-0.39, 0.29) is 0 Å². The number of halogens is 1. The molecule has 0 aliphatic heterocycles. The van der Waals surface area contributed by atoms with Gasteiger partial charge < -0.3 is 0 Å². The van der Waals surface area contributed by atoms with Crippen LogP contribution in [0.5, 0.6) is 0 Å². The molecular weight excluding hydrogens is 132 g/mol. The zero-order valence-electron chi connectivity index (χ0n) is 1.96. The van der Waals surface area contributed by atoms with Gasteiger partial charge in [0.1, 0.15) is 0 Å². The summed E-state index contributed by atoms with van der Waals surface area (Å²) in [5.74, 6) is 0. The second-order valence-electron chi connectivity index (χ2n) is 0.239. The molecule has 0 aromatic rings. The van der Waals surface area contributed by atoms with E-state index in [2.05, 4.69) is 4.75 Å². The second-order valence-corrected chi connectivity index (χ2v) is 2.22. The van der Waals surface area contributed by atoms with Crippen molar-refractivity contribution in [2.75, 3.05) is 0 Å². The topological polar surface area (TPSA) is 0 Å². The number of terminal acetylenes is 1. The molecule has 0 atom stereocenters. The quantitative estimate of drug-likeness (QED) is 0.332. The van der Waals surface area contributed by atoms with E-state index in [0.717, 1.165) is 0 Å². The van der Waals surface area contributed by atoms with Crippen molar-refractivity contribution in [3.05, 3.63) is 0 Å². The SMILES string of the molecule is C#[C][Ge][Cl]. The number of hydrogen-bond acceptors (Lipinski definition) is 0. The Kier molecular flexibility index (Phi) is 3.73. The van der Waals surface area contributed by atoms with Gasteiger partial charge in [0.05, 0.1) is 0 Å². The van der Waals surface area contributed by atoms with Crippen LogP contribution < -0.4 is 0 Å². The molecule has 0 unspecified atom stereocenters. The molecule has 0 amide bonds. The van der Waals surface area contributed by atoms with Crippen LogP contribution in [0.3, 0.4) is 0 Å². The molecule has 2 radical (unpaired) electrons.